The molecule has 0 bridgehead atoms. The zero-order valence-corrected chi connectivity index (χ0v) is 12.6. The summed E-state index contributed by atoms with van der Waals surface area (Å²) >= 11 is 0. The van der Waals surface area contributed by atoms with E-state index in [1.807, 2.05) is 48.5 Å². The van der Waals surface area contributed by atoms with Crippen molar-refractivity contribution < 1.29 is 9.59 Å². The maximum Gasteiger partial charge on any atom is 0.246 e. The highest BCUT2D eigenvalue weighted by Crippen LogP contribution is 2.28. The molecule has 2 unspecified atom stereocenters. The van der Waals surface area contributed by atoms with Crippen LogP contribution in [0.2, 0.25) is 0 Å². The number of amides is 2. The molecule has 18 heavy (non-hydrogen) atoms. The van der Waals surface area contributed by atoms with Crippen LogP contribution in [0.3, 0.4) is 0 Å². The number of piperazine rings is 1. The van der Waals surface area contributed by atoms with Gasteiger partial charge < -0.3 is 10.2 Å². The molecule has 2 atom stereocenters. The van der Waals surface area contributed by atoms with Gasteiger partial charge in [-0.05, 0) is 25.2 Å². The van der Waals surface area contributed by atoms with E-state index in [1.165, 1.54) is 0 Å². The fourth-order valence-corrected chi connectivity index (χ4v) is 2.49. The Labute approximate surface area is 110 Å². The van der Waals surface area contributed by atoms with Crippen LogP contribution in [0.25, 0.3) is 0 Å². The zero-order chi connectivity index (χ0) is 14.2. The third-order valence-corrected chi connectivity index (χ3v) is 3.41. The van der Waals surface area contributed by atoms with Gasteiger partial charge in [0.15, 0.2) is 0 Å². The fourth-order valence-electron chi connectivity index (χ4n) is 2.49. The summed E-state index contributed by atoms with van der Waals surface area (Å²) in [4.78, 5) is 26.6. The van der Waals surface area contributed by atoms with Gasteiger partial charge in [-0.2, -0.15) is 0 Å². The van der Waals surface area contributed by atoms with Crippen molar-refractivity contribution in [2.24, 2.45) is 11.3 Å². The topological polar surface area (TPSA) is 49.4 Å². The van der Waals surface area contributed by atoms with Crippen molar-refractivity contribution in [2.75, 3.05) is 0 Å². The zero-order valence-electron chi connectivity index (χ0n) is 12.6. The van der Waals surface area contributed by atoms with Crippen LogP contribution in [0.5, 0.6) is 0 Å². The molecule has 1 aliphatic heterocycles. The van der Waals surface area contributed by atoms with Crippen LogP contribution in [-0.4, -0.2) is 34.8 Å². The summed E-state index contributed by atoms with van der Waals surface area (Å²) in [5.74, 6) is 0.131. The molecule has 0 saturated carbocycles. The van der Waals surface area contributed by atoms with Crippen molar-refractivity contribution in [3.63, 3.8) is 0 Å². The van der Waals surface area contributed by atoms with Crippen LogP contribution in [0.1, 0.15) is 48.5 Å². The number of nitrogens with one attached hydrogen (secondary N) is 1. The number of hydrogen-bond donors (Lipinski definition) is 1. The molecule has 0 aromatic carbocycles. The lowest BCUT2D eigenvalue weighted by molar-refractivity contribution is -0.156. The Morgan fingerprint density at radius 3 is 1.94 bits per heavy atom. The monoisotopic (exact) mass is 254 g/mol. The first-order chi connectivity index (χ1) is 8.07. The SMILES string of the molecule is CC(C)C1C(=O)NC(C(C)(C)C)C(=O)N1C(C)C. The van der Waals surface area contributed by atoms with E-state index in [0.29, 0.717) is 0 Å². The first-order valence-electron chi connectivity index (χ1n) is 6.70. The van der Waals surface area contributed by atoms with Gasteiger partial charge >= 0.3 is 0 Å². The second kappa shape index (κ2) is 4.90. The minimum absolute atomic E-state index is 0.0294. The fraction of sp³-hybridized carbons (Fsp3) is 0.857. The molecule has 1 saturated heterocycles. The van der Waals surface area contributed by atoms with Gasteiger partial charge in [0.05, 0.1) is 0 Å². The summed E-state index contributed by atoms with van der Waals surface area (Å²) in [5.41, 5.74) is -0.262. The number of hydrogen-bond acceptors (Lipinski definition) is 2. The molecule has 0 spiro atoms. The number of carbonyl (C=O) groups is 2. The van der Waals surface area contributed by atoms with Gasteiger partial charge in [-0.3, -0.25) is 9.59 Å². The first-order valence-corrected chi connectivity index (χ1v) is 6.70. The Balaban J connectivity index is 3.13. The van der Waals surface area contributed by atoms with E-state index < -0.39 is 6.04 Å². The lowest BCUT2D eigenvalue weighted by atomic mass is 9.82. The van der Waals surface area contributed by atoms with Crippen molar-refractivity contribution in [1.82, 2.24) is 10.2 Å². The van der Waals surface area contributed by atoms with Gasteiger partial charge in [0, 0.05) is 6.04 Å². The van der Waals surface area contributed by atoms with E-state index >= 15 is 0 Å². The van der Waals surface area contributed by atoms with E-state index in [2.05, 4.69) is 5.32 Å². The molecule has 1 fully saturated rings. The van der Waals surface area contributed by atoms with Gasteiger partial charge in [-0.1, -0.05) is 34.6 Å². The summed E-state index contributed by atoms with van der Waals surface area (Å²) in [6, 6.07) is -0.737. The molecule has 0 aliphatic carbocycles. The molecule has 0 aromatic heterocycles. The normalized spacial score (nSPS) is 25.9. The molecule has 1 rings (SSSR count). The molecule has 1 N–H and O–H groups in total. The second-order valence-electron chi connectivity index (χ2n) is 6.84. The molecule has 1 aliphatic rings. The van der Waals surface area contributed by atoms with Gasteiger partial charge in [0.25, 0.3) is 0 Å². The van der Waals surface area contributed by atoms with Crippen molar-refractivity contribution >= 4 is 11.8 Å². The summed E-state index contributed by atoms with van der Waals surface area (Å²) in [6.45, 7) is 13.8. The second-order valence-corrected chi connectivity index (χ2v) is 6.84. The van der Waals surface area contributed by atoms with Crippen LogP contribution in [0.4, 0.5) is 0 Å². The molecule has 104 valence electrons. The van der Waals surface area contributed by atoms with E-state index in [1.54, 1.807) is 4.90 Å². The Morgan fingerprint density at radius 2 is 1.61 bits per heavy atom. The highest BCUT2D eigenvalue weighted by molar-refractivity contribution is 5.97. The van der Waals surface area contributed by atoms with Crippen molar-refractivity contribution in [1.29, 1.82) is 0 Å². The minimum atomic E-state index is -0.428. The lowest BCUT2D eigenvalue weighted by Gasteiger charge is -2.46. The Bertz CT molecular complexity index is 342. The number of nitrogens with zero attached hydrogens (tertiary/aromatic N) is 1. The minimum Gasteiger partial charge on any atom is -0.342 e. The lowest BCUT2D eigenvalue weighted by Crippen LogP contribution is -2.69. The average Bonchev–Trinajstić information content (AvgIpc) is 2.17. The van der Waals surface area contributed by atoms with E-state index in [0.717, 1.165) is 0 Å². The smallest absolute Gasteiger partial charge is 0.246 e. The molecule has 4 nitrogen and oxygen atoms in total. The first kappa shape index (κ1) is 15.0. The Morgan fingerprint density at radius 1 is 1.11 bits per heavy atom. The van der Waals surface area contributed by atoms with Crippen LogP contribution < -0.4 is 5.32 Å². The Hall–Kier alpha value is -1.06. The molecule has 1 heterocycles. The maximum atomic E-state index is 12.6. The van der Waals surface area contributed by atoms with Crippen molar-refractivity contribution in [2.45, 2.75) is 66.6 Å². The number of rotatable bonds is 2. The average molecular weight is 254 g/mol. The van der Waals surface area contributed by atoms with E-state index in [9.17, 15) is 9.59 Å². The van der Waals surface area contributed by atoms with Crippen LogP contribution >= 0.6 is 0 Å². The van der Waals surface area contributed by atoms with Gasteiger partial charge in [0.2, 0.25) is 11.8 Å². The maximum absolute atomic E-state index is 12.6. The van der Waals surface area contributed by atoms with Crippen LogP contribution in [-0.2, 0) is 9.59 Å². The predicted molar refractivity (Wildman–Crippen MR) is 72.0 cm³/mol. The quantitative estimate of drug-likeness (QED) is 0.817. The van der Waals surface area contributed by atoms with Crippen molar-refractivity contribution in [3.8, 4) is 0 Å². The van der Waals surface area contributed by atoms with E-state index in [4.69, 9.17) is 0 Å². The Kier molecular flexibility index (Phi) is 4.08. The molecule has 0 radical (unpaired) electrons. The third-order valence-electron chi connectivity index (χ3n) is 3.41. The van der Waals surface area contributed by atoms with Crippen LogP contribution in [0.15, 0.2) is 0 Å². The van der Waals surface area contributed by atoms with Crippen LogP contribution in [0, 0.1) is 11.3 Å². The highest BCUT2D eigenvalue weighted by atomic mass is 16.2. The summed E-state index contributed by atoms with van der Waals surface area (Å²) in [6.07, 6.45) is 0. The summed E-state index contributed by atoms with van der Waals surface area (Å²) in [7, 11) is 0. The van der Waals surface area contributed by atoms with Gasteiger partial charge in [-0.25, -0.2) is 0 Å². The van der Waals surface area contributed by atoms with Gasteiger partial charge in [0.1, 0.15) is 12.1 Å². The largest absolute Gasteiger partial charge is 0.342 e. The van der Waals surface area contributed by atoms with Gasteiger partial charge in [-0.15, -0.1) is 0 Å². The number of carbonyl (C=O) groups excluding carboxylic acids is 2. The summed E-state index contributed by atoms with van der Waals surface area (Å²) in [5, 5.41) is 2.89. The third kappa shape index (κ3) is 2.68. The van der Waals surface area contributed by atoms with E-state index in [-0.39, 0.29) is 35.2 Å². The molecular formula is C14H26N2O2. The molecule has 0 aromatic rings. The molecular weight excluding hydrogens is 228 g/mol. The highest BCUT2D eigenvalue weighted by Gasteiger charge is 2.46. The molecule has 2 amide bonds. The van der Waals surface area contributed by atoms with Crippen molar-refractivity contribution in [3.05, 3.63) is 0 Å². The predicted octanol–water partition coefficient (Wildman–Crippen LogP) is 1.79. The summed E-state index contributed by atoms with van der Waals surface area (Å²) < 4.78 is 0. The standard InChI is InChI=1S/C14H26N2O2/c1-8(2)10-12(17)15-11(14(5,6)7)13(18)16(10)9(3)4/h8-11H,1-7H3,(H,15,17). The molecule has 4 heteroatoms.